The summed E-state index contributed by atoms with van der Waals surface area (Å²) in [4.78, 5) is 30.6. The van der Waals surface area contributed by atoms with E-state index in [9.17, 15) is 9.59 Å². The molecule has 0 spiro atoms. The quantitative estimate of drug-likeness (QED) is 0.288. The van der Waals surface area contributed by atoms with E-state index in [-0.39, 0.29) is 41.7 Å². The first-order chi connectivity index (χ1) is 13.9. The Bertz CT molecular complexity index is 715. The summed E-state index contributed by atoms with van der Waals surface area (Å²) < 4.78 is 0. The first kappa shape index (κ1) is 26.2. The van der Waals surface area contributed by atoms with E-state index in [2.05, 4.69) is 16.0 Å². The molecule has 1 heterocycles. The van der Waals surface area contributed by atoms with Crippen molar-refractivity contribution in [2.75, 3.05) is 33.2 Å². The highest BCUT2D eigenvalue weighted by atomic mass is 127. The third-order valence-electron chi connectivity index (χ3n) is 5.07. The summed E-state index contributed by atoms with van der Waals surface area (Å²) in [5.74, 6) is 1.03. The van der Waals surface area contributed by atoms with Crippen molar-refractivity contribution >= 4 is 41.8 Å². The van der Waals surface area contributed by atoms with Crippen LogP contribution >= 0.6 is 24.0 Å². The highest BCUT2D eigenvalue weighted by Crippen LogP contribution is 2.13. The van der Waals surface area contributed by atoms with Gasteiger partial charge in [-0.15, -0.1) is 24.0 Å². The number of guanidine groups is 1. The summed E-state index contributed by atoms with van der Waals surface area (Å²) in [6.45, 7) is 8.97. The summed E-state index contributed by atoms with van der Waals surface area (Å²) in [5.41, 5.74) is 1.76. The van der Waals surface area contributed by atoms with Crippen LogP contribution < -0.4 is 16.0 Å². The fraction of sp³-hybridized carbons (Fsp3) is 0.591. The van der Waals surface area contributed by atoms with Gasteiger partial charge in [-0.2, -0.15) is 0 Å². The maximum atomic E-state index is 12.1. The molecule has 0 atom stereocenters. The highest BCUT2D eigenvalue weighted by molar-refractivity contribution is 14.0. The predicted molar refractivity (Wildman–Crippen MR) is 133 cm³/mol. The second-order valence-corrected chi connectivity index (χ2v) is 7.69. The number of halogens is 1. The van der Waals surface area contributed by atoms with Gasteiger partial charge >= 0.3 is 0 Å². The third-order valence-corrected chi connectivity index (χ3v) is 5.07. The molecule has 0 unspecified atom stereocenters. The molecule has 1 aliphatic heterocycles. The zero-order valence-electron chi connectivity index (χ0n) is 18.5. The van der Waals surface area contributed by atoms with Crippen molar-refractivity contribution in [2.24, 2.45) is 10.9 Å². The molecule has 1 saturated heterocycles. The average molecular weight is 529 g/mol. The van der Waals surface area contributed by atoms with E-state index in [4.69, 9.17) is 4.99 Å². The van der Waals surface area contributed by atoms with Gasteiger partial charge in [-0.25, -0.2) is 0 Å². The smallest absolute Gasteiger partial charge is 0.251 e. The van der Waals surface area contributed by atoms with Crippen molar-refractivity contribution in [1.82, 2.24) is 20.9 Å². The Morgan fingerprint density at radius 2 is 1.93 bits per heavy atom. The fourth-order valence-corrected chi connectivity index (χ4v) is 3.43. The van der Waals surface area contributed by atoms with Crippen LogP contribution in [0.5, 0.6) is 0 Å². The van der Waals surface area contributed by atoms with E-state index in [1.54, 1.807) is 7.05 Å². The van der Waals surface area contributed by atoms with Gasteiger partial charge in [0.15, 0.2) is 5.96 Å². The SMILES string of the molecule is CCNC(=NCCc1cccc(C(=O)NC)c1)NC1CCN(C(=O)C(C)C)CC1.I. The van der Waals surface area contributed by atoms with E-state index in [0.29, 0.717) is 18.2 Å². The number of piperidine rings is 1. The van der Waals surface area contributed by atoms with Crippen LogP contribution in [-0.4, -0.2) is 61.9 Å². The Kier molecular flexibility index (Phi) is 11.8. The molecule has 0 bridgehead atoms. The molecule has 0 aromatic heterocycles. The van der Waals surface area contributed by atoms with Crippen molar-refractivity contribution in [3.05, 3.63) is 35.4 Å². The molecule has 2 rings (SSSR count). The van der Waals surface area contributed by atoms with Crippen LogP contribution in [-0.2, 0) is 11.2 Å². The predicted octanol–water partition coefficient (Wildman–Crippen LogP) is 2.41. The molecule has 7 nitrogen and oxygen atoms in total. The van der Waals surface area contributed by atoms with Crippen molar-refractivity contribution in [3.63, 3.8) is 0 Å². The minimum atomic E-state index is -0.0763. The maximum Gasteiger partial charge on any atom is 0.251 e. The standard InChI is InChI=1S/C22H35N5O2.HI/c1-5-24-22(26-19-10-13-27(14-11-19)21(29)16(2)3)25-12-9-17-7-6-8-18(15-17)20(28)23-4;/h6-8,15-16,19H,5,9-14H2,1-4H3,(H,23,28)(H2,24,25,26);1H. The molecule has 1 aromatic rings. The lowest BCUT2D eigenvalue weighted by molar-refractivity contribution is -0.135. The molecule has 3 N–H and O–H groups in total. The van der Waals surface area contributed by atoms with Crippen LogP contribution in [0.15, 0.2) is 29.3 Å². The highest BCUT2D eigenvalue weighted by Gasteiger charge is 2.24. The number of amides is 2. The summed E-state index contributed by atoms with van der Waals surface area (Å²) in [7, 11) is 1.64. The summed E-state index contributed by atoms with van der Waals surface area (Å²) in [5, 5.41) is 9.46. The van der Waals surface area contributed by atoms with Gasteiger partial charge in [-0.05, 0) is 43.9 Å². The van der Waals surface area contributed by atoms with Gasteiger partial charge in [0.1, 0.15) is 0 Å². The number of hydrogen-bond donors (Lipinski definition) is 3. The van der Waals surface area contributed by atoms with Gasteiger partial charge in [0.2, 0.25) is 5.91 Å². The van der Waals surface area contributed by atoms with E-state index < -0.39 is 0 Å². The van der Waals surface area contributed by atoms with Crippen molar-refractivity contribution in [2.45, 2.75) is 46.1 Å². The first-order valence-electron chi connectivity index (χ1n) is 10.6. The van der Waals surface area contributed by atoms with Gasteiger partial charge in [0, 0.05) is 50.7 Å². The van der Waals surface area contributed by atoms with Gasteiger partial charge in [-0.3, -0.25) is 14.6 Å². The van der Waals surface area contributed by atoms with Gasteiger partial charge < -0.3 is 20.9 Å². The zero-order chi connectivity index (χ0) is 21.2. The topological polar surface area (TPSA) is 85.8 Å². The number of rotatable bonds is 7. The summed E-state index contributed by atoms with van der Waals surface area (Å²) >= 11 is 0. The minimum absolute atomic E-state index is 0. The van der Waals surface area contributed by atoms with Gasteiger partial charge in [-0.1, -0.05) is 26.0 Å². The normalized spacial score (nSPS) is 14.8. The number of nitrogens with one attached hydrogen (secondary N) is 3. The zero-order valence-corrected chi connectivity index (χ0v) is 20.9. The van der Waals surface area contributed by atoms with Crippen LogP contribution in [0, 0.1) is 5.92 Å². The number of carbonyl (C=O) groups is 2. The molecule has 1 fully saturated rings. The first-order valence-corrected chi connectivity index (χ1v) is 10.6. The molecule has 0 saturated carbocycles. The van der Waals surface area contributed by atoms with Crippen LogP contribution in [0.4, 0.5) is 0 Å². The molecule has 1 aromatic carbocycles. The number of likely N-dealkylation sites (tertiary alicyclic amines) is 1. The van der Waals surface area contributed by atoms with Crippen LogP contribution in [0.3, 0.4) is 0 Å². The molecule has 8 heteroatoms. The molecular weight excluding hydrogens is 493 g/mol. The summed E-state index contributed by atoms with van der Waals surface area (Å²) in [6.07, 6.45) is 2.62. The molecule has 1 aliphatic rings. The second-order valence-electron chi connectivity index (χ2n) is 7.69. The van der Waals surface area contributed by atoms with Gasteiger partial charge in [0.25, 0.3) is 5.91 Å². The Labute approximate surface area is 197 Å². The van der Waals surface area contributed by atoms with E-state index in [1.807, 2.05) is 49.9 Å². The van der Waals surface area contributed by atoms with Crippen molar-refractivity contribution < 1.29 is 9.59 Å². The second kappa shape index (κ2) is 13.5. The van der Waals surface area contributed by atoms with E-state index in [1.165, 1.54) is 0 Å². The molecule has 0 radical (unpaired) electrons. The van der Waals surface area contributed by atoms with Crippen LogP contribution in [0.1, 0.15) is 49.5 Å². The summed E-state index contributed by atoms with van der Waals surface area (Å²) in [6, 6.07) is 7.97. The fourth-order valence-electron chi connectivity index (χ4n) is 3.43. The average Bonchev–Trinajstić information content (AvgIpc) is 2.73. The number of nitrogens with zero attached hydrogens (tertiary/aromatic N) is 2. The Balaban J connectivity index is 0.00000450. The van der Waals surface area contributed by atoms with Crippen LogP contribution in [0.25, 0.3) is 0 Å². The van der Waals surface area contributed by atoms with Gasteiger partial charge in [0.05, 0.1) is 0 Å². The van der Waals surface area contributed by atoms with E-state index in [0.717, 1.165) is 50.4 Å². The van der Waals surface area contributed by atoms with Crippen molar-refractivity contribution in [1.29, 1.82) is 0 Å². The Morgan fingerprint density at radius 3 is 2.53 bits per heavy atom. The molecule has 0 aliphatic carbocycles. The maximum absolute atomic E-state index is 12.1. The molecular formula is C22H36IN5O2. The lowest BCUT2D eigenvalue weighted by atomic mass is 10.0. The van der Waals surface area contributed by atoms with Crippen molar-refractivity contribution in [3.8, 4) is 0 Å². The Morgan fingerprint density at radius 1 is 1.23 bits per heavy atom. The number of carbonyl (C=O) groups excluding carboxylic acids is 2. The number of aliphatic imine (C=N–C) groups is 1. The number of hydrogen-bond acceptors (Lipinski definition) is 3. The monoisotopic (exact) mass is 529 g/mol. The molecule has 2 amide bonds. The van der Waals surface area contributed by atoms with E-state index >= 15 is 0 Å². The lowest BCUT2D eigenvalue weighted by Gasteiger charge is -2.34. The Hall–Kier alpha value is -1.84. The van der Waals surface area contributed by atoms with Crippen LogP contribution in [0.2, 0.25) is 0 Å². The largest absolute Gasteiger partial charge is 0.357 e. The molecule has 30 heavy (non-hydrogen) atoms. The lowest BCUT2D eigenvalue weighted by Crippen LogP contribution is -2.50. The minimum Gasteiger partial charge on any atom is -0.357 e. The molecule has 168 valence electrons. The third kappa shape index (κ3) is 8.12. The number of benzene rings is 1.